The van der Waals surface area contributed by atoms with Crippen LogP contribution in [0.5, 0.6) is 0 Å². The van der Waals surface area contributed by atoms with Crippen molar-refractivity contribution in [2.24, 2.45) is 11.1 Å². The zero-order valence-electron chi connectivity index (χ0n) is 11.7. The van der Waals surface area contributed by atoms with E-state index in [1.54, 1.807) is 0 Å². The Morgan fingerprint density at radius 3 is 2.60 bits per heavy atom. The van der Waals surface area contributed by atoms with Crippen LogP contribution in [0.2, 0.25) is 0 Å². The first-order chi connectivity index (χ1) is 9.56. The number of oxime groups is 1. The fourth-order valence-corrected chi connectivity index (χ4v) is 2.32. The van der Waals surface area contributed by atoms with Crippen molar-refractivity contribution in [2.75, 3.05) is 7.11 Å². The molecule has 20 heavy (non-hydrogen) atoms. The van der Waals surface area contributed by atoms with Gasteiger partial charge in [-0.25, -0.2) is 0 Å². The van der Waals surface area contributed by atoms with Gasteiger partial charge in [0.05, 0.1) is 5.71 Å². The van der Waals surface area contributed by atoms with Crippen molar-refractivity contribution in [1.82, 2.24) is 0 Å². The Balaban J connectivity index is 2.24. The maximum atomic E-state index is 10.7. The number of hydrogen-bond donors (Lipinski definition) is 2. The molecule has 1 rings (SSSR count). The first-order valence-corrected chi connectivity index (χ1v) is 6.81. The summed E-state index contributed by atoms with van der Waals surface area (Å²) in [6.07, 6.45) is 7.42. The van der Waals surface area contributed by atoms with Crippen LogP contribution < -0.4 is 0 Å². The van der Waals surface area contributed by atoms with Crippen LogP contribution in [-0.4, -0.2) is 35.0 Å². The summed E-state index contributed by atoms with van der Waals surface area (Å²) in [7, 11) is 1.53. The number of unbranched alkanes of at least 4 members (excludes halogenated alkanes) is 2. The molecule has 0 heterocycles. The normalized spacial score (nSPS) is 16.5. The Kier molecular flexibility index (Phi) is 6.76. The molecule has 0 aromatic heterocycles. The van der Waals surface area contributed by atoms with Crippen molar-refractivity contribution in [3.63, 3.8) is 0 Å². The van der Waals surface area contributed by atoms with Gasteiger partial charge in [-0.05, 0) is 37.7 Å². The fraction of sp³-hybridized carbons (Fsp3) is 0.643. The van der Waals surface area contributed by atoms with Gasteiger partial charge in [0.15, 0.2) is 5.92 Å². The molecule has 0 bridgehead atoms. The smallest absolute Gasteiger partial charge is 0.317 e. The summed E-state index contributed by atoms with van der Waals surface area (Å²) < 4.78 is 0. The molecule has 2 N–H and O–H groups in total. The maximum absolute atomic E-state index is 10.7. The summed E-state index contributed by atoms with van der Waals surface area (Å²) in [4.78, 5) is 26.2. The van der Waals surface area contributed by atoms with E-state index in [2.05, 4.69) is 11.2 Å². The highest BCUT2D eigenvalue weighted by molar-refractivity contribution is 6.01. The van der Waals surface area contributed by atoms with Crippen molar-refractivity contribution in [1.29, 1.82) is 0 Å². The summed E-state index contributed by atoms with van der Waals surface area (Å²) in [6.45, 7) is 0. The second-order valence-electron chi connectivity index (χ2n) is 4.82. The van der Waals surface area contributed by atoms with Gasteiger partial charge in [0.2, 0.25) is 0 Å². The van der Waals surface area contributed by atoms with Crippen molar-refractivity contribution in [2.45, 2.75) is 44.9 Å². The Morgan fingerprint density at radius 2 is 2.00 bits per heavy atom. The molecule has 0 atom stereocenters. The van der Waals surface area contributed by atoms with Crippen molar-refractivity contribution in [3.8, 4) is 0 Å². The molecule has 1 aliphatic rings. The summed E-state index contributed by atoms with van der Waals surface area (Å²) in [5.74, 6) is -3.80. The SMILES string of the molecule is CO/N=C1\CCC=C1CCCCCC(C(=O)O)C(=O)O. The van der Waals surface area contributed by atoms with E-state index in [1.807, 2.05) is 0 Å². The predicted molar refractivity (Wildman–Crippen MR) is 73.6 cm³/mol. The lowest BCUT2D eigenvalue weighted by molar-refractivity contribution is -0.154. The summed E-state index contributed by atoms with van der Waals surface area (Å²) in [6, 6.07) is 0. The quantitative estimate of drug-likeness (QED) is 0.385. The van der Waals surface area contributed by atoms with Gasteiger partial charge in [-0.15, -0.1) is 0 Å². The maximum Gasteiger partial charge on any atom is 0.317 e. The number of rotatable bonds is 9. The third-order valence-electron chi connectivity index (χ3n) is 3.38. The molecule has 0 spiro atoms. The van der Waals surface area contributed by atoms with Crippen LogP contribution in [0.15, 0.2) is 16.8 Å². The van der Waals surface area contributed by atoms with Crippen LogP contribution in [0.25, 0.3) is 0 Å². The zero-order chi connectivity index (χ0) is 15.0. The standard InChI is InChI=1S/C14H21NO5/c1-20-15-12-9-5-7-10(12)6-3-2-4-8-11(13(16)17)14(18)19/h7,11H,2-6,8-9H2,1H3,(H,16,17)(H,18,19)/b15-12+. The van der Waals surface area contributed by atoms with E-state index in [1.165, 1.54) is 12.7 Å². The van der Waals surface area contributed by atoms with Crippen LogP contribution in [0, 0.1) is 5.92 Å². The molecule has 0 amide bonds. The fourth-order valence-electron chi connectivity index (χ4n) is 2.32. The topological polar surface area (TPSA) is 96.2 Å². The lowest BCUT2D eigenvalue weighted by Crippen LogP contribution is -2.23. The molecular weight excluding hydrogens is 262 g/mol. The summed E-state index contributed by atoms with van der Waals surface area (Å²) >= 11 is 0. The molecule has 6 heteroatoms. The van der Waals surface area contributed by atoms with E-state index in [4.69, 9.17) is 15.1 Å². The number of nitrogens with zero attached hydrogens (tertiary/aromatic N) is 1. The molecular formula is C14H21NO5. The number of carbonyl (C=O) groups is 2. The number of carboxylic acid groups (broad SMARTS) is 2. The Hall–Kier alpha value is -1.85. The Labute approximate surface area is 118 Å². The highest BCUT2D eigenvalue weighted by atomic mass is 16.6. The van der Waals surface area contributed by atoms with E-state index >= 15 is 0 Å². The first kappa shape index (κ1) is 16.2. The van der Waals surface area contributed by atoms with Crippen molar-refractivity contribution < 1.29 is 24.6 Å². The molecule has 112 valence electrons. The largest absolute Gasteiger partial charge is 0.481 e. The summed E-state index contributed by atoms with van der Waals surface area (Å²) in [5, 5.41) is 21.5. The summed E-state index contributed by atoms with van der Waals surface area (Å²) in [5.41, 5.74) is 2.18. The third-order valence-corrected chi connectivity index (χ3v) is 3.38. The minimum absolute atomic E-state index is 0.183. The van der Waals surface area contributed by atoms with E-state index in [-0.39, 0.29) is 6.42 Å². The van der Waals surface area contributed by atoms with Gasteiger partial charge < -0.3 is 15.1 Å². The van der Waals surface area contributed by atoms with Gasteiger partial charge in [0.25, 0.3) is 0 Å². The molecule has 1 aliphatic carbocycles. The second-order valence-corrected chi connectivity index (χ2v) is 4.82. The lowest BCUT2D eigenvalue weighted by atomic mass is 9.99. The highest BCUT2D eigenvalue weighted by Gasteiger charge is 2.24. The van der Waals surface area contributed by atoms with Gasteiger partial charge >= 0.3 is 11.9 Å². The van der Waals surface area contributed by atoms with Crippen LogP contribution >= 0.6 is 0 Å². The van der Waals surface area contributed by atoms with Crippen molar-refractivity contribution in [3.05, 3.63) is 11.6 Å². The molecule has 0 unspecified atom stereocenters. The average molecular weight is 283 g/mol. The molecule has 0 fully saturated rings. The minimum Gasteiger partial charge on any atom is -0.481 e. The Morgan fingerprint density at radius 1 is 1.30 bits per heavy atom. The molecule has 0 saturated heterocycles. The van der Waals surface area contributed by atoms with Crippen LogP contribution in [0.4, 0.5) is 0 Å². The van der Waals surface area contributed by atoms with Gasteiger partial charge in [-0.2, -0.15) is 0 Å². The van der Waals surface area contributed by atoms with Gasteiger partial charge in [0.1, 0.15) is 7.11 Å². The third kappa shape index (κ3) is 5.03. The molecule has 0 saturated carbocycles. The van der Waals surface area contributed by atoms with E-state index in [0.717, 1.165) is 37.8 Å². The van der Waals surface area contributed by atoms with Crippen LogP contribution in [0.1, 0.15) is 44.9 Å². The first-order valence-electron chi connectivity index (χ1n) is 6.81. The predicted octanol–water partition coefficient (Wildman–Crippen LogP) is 2.44. The van der Waals surface area contributed by atoms with E-state index in [9.17, 15) is 9.59 Å². The minimum atomic E-state index is -1.29. The molecule has 6 nitrogen and oxygen atoms in total. The number of hydrogen-bond acceptors (Lipinski definition) is 4. The van der Waals surface area contributed by atoms with Crippen molar-refractivity contribution >= 4 is 17.7 Å². The molecule has 0 aromatic carbocycles. The lowest BCUT2D eigenvalue weighted by Gasteiger charge is -2.07. The van der Waals surface area contributed by atoms with Crippen LogP contribution in [-0.2, 0) is 14.4 Å². The monoisotopic (exact) mass is 283 g/mol. The van der Waals surface area contributed by atoms with Gasteiger partial charge in [-0.1, -0.05) is 24.1 Å². The second kappa shape index (κ2) is 8.35. The number of aliphatic carboxylic acids is 2. The molecule has 0 radical (unpaired) electrons. The molecule has 0 aromatic rings. The van der Waals surface area contributed by atoms with Gasteiger partial charge in [-0.3, -0.25) is 9.59 Å². The number of carboxylic acids is 2. The van der Waals surface area contributed by atoms with E-state index < -0.39 is 17.9 Å². The Bertz CT molecular complexity index is 400. The van der Waals surface area contributed by atoms with E-state index in [0.29, 0.717) is 6.42 Å². The average Bonchev–Trinajstić information content (AvgIpc) is 2.80. The highest BCUT2D eigenvalue weighted by Crippen LogP contribution is 2.22. The van der Waals surface area contributed by atoms with Crippen LogP contribution in [0.3, 0.4) is 0 Å². The zero-order valence-corrected chi connectivity index (χ0v) is 11.7. The van der Waals surface area contributed by atoms with Gasteiger partial charge in [0, 0.05) is 0 Å². The number of allylic oxidation sites excluding steroid dienone is 2. The molecule has 0 aliphatic heterocycles.